The van der Waals surface area contributed by atoms with E-state index < -0.39 is 0 Å². The van der Waals surface area contributed by atoms with Crippen LogP contribution >= 0.6 is 0 Å². The van der Waals surface area contributed by atoms with Gasteiger partial charge in [0, 0.05) is 11.8 Å². The van der Waals surface area contributed by atoms with Crippen LogP contribution in [0.4, 0.5) is 0 Å². The lowest BCUT2D eigenvalue weighted by atomic mass is 9.57. The fourth-order valence-electron chi connectivity index (χ4n) is 7.27. The average Bonchev–Trinajstić information content (AvgIpc) is 2.87. The van der Waals surface area contributed by atoms with Crippen LogP contribution in [0.2, 0.25) is 0 Å². The molecule has 0 aromatic heterocycles. The molecule has 0 amide bonds. The van der Waals surface area contributed by atoms with Crippen LogP contribution in [0.15, 0.2) is 0 Å². The lowest BCUT2D eigenvalue weighted by Crippen LogP contribution is -2.59. The Morgan fingerprint density at radius 2 is 1.69 bits per heavy atom. The number of aliphatic hydroxyl groups excluding tert-OH is 1. The van der Waals surface area contributed by atoms with Crippen molar-refractivity contribution in [2.45, 2.75) is 18.3 Å². The van der Waals surface area contributed by atoms with Gasteiger partial charge in [0.05, 0.1) is 19.3 Å². The highest BCUT2D eigenvalue weighted by molar-refractivity contribution is 5.33. The van der Waals surface area contributed by atoms with Gasteiger partial charge < -0.3 is 14.6 Å². The van der Waals surface area contributed by atoms with E-state index in [1.807, 2.05) is 0 Å². The first-order chi connectivity index (χ1) is 7.84. The molecule has 1 aliphatic heterocycles. The van der Waals surface area contributed by atoms with E-state index >= 15 is 0 Å². The molecule has 3 nitrogen and oxygen atoms in total. The summed E-state index contributed by atoms with van der Waals surface area (Å²) < 4.78 is 12.2. The zero-order valence-electron chi connectivity index (χ0n) is 9.08. The van der Waals surface area contributed by atoms with Gasteiger partial charge in [0.25, 0.3) is 0 Å². The van der Waals surface area contributed by atoms with Gasteiger partial charge in [-0.3, -0.25) is 0 Å². The number of rotatable bonds is 0. The minimum Gasteiger partial charge on any atom is -0.393 e. The fraction of sp³-hybridized carbons (Fsp3) is 1.00. The molecule has 5 aliphatic carbocycles. The van der Waals surface area contributed by atoms with Crippen molar-refractivity contribution >= 4 is 0 Å². The smallest absolute Gasteiger partial charge is 0.175 e. The first-order valence-electron chi connectivity index (χ1n) is 6.80. The summed E-state index contributed by atoms with van der Waals surface area (Å²) in [5.41, 5.74) is 0. The molecule has 1 saturated heterocycles. The Morgan fingerprint density at radius 1 is 0.875 bits per heavy atom. The molecule has 3 heteroatoms. The van der Waals surface area contributed by atoms with Crippen molar-refractivity contribution < 1.29 is 14.6 Å². The average molecular weight is 220 g/mol. The molecule has 9 atom stereocenters. The molecule has 86 valence electrons. The first kappa shape index (κ1) is 8.06. The largest absolute Gasteiger partial charge is 0.393 e. The third kappa shape index (κ3) is 0.485. The second kappa shape index (κ2) is 2.00. The predicted octanol–water partition coefficient (Wildman–Crippen LogP) is 0.478. The van der Waals surface area contributed by atoms with Gasteiger partial charge in [-0.2, -0.15) is 0 Å². The highest BCUT2D eigenvalue weighted by Gasteiger charge is 2.89. The van der Waals surface area contributed by atoms with Crippen LogP contribution in [-0.2, 0) is 9.47 Å². The number of hydrogen-bond donors (Lipinski definition) is 1. The molecule has 0 aromatic carbocycles. The van der Waals surface area contributed by atoms with Crippen molar-refractivity contribution in [1.29, 1.82) is 0 Å². The van der Waals surface area contributed by atoms with E-state index in [0.717, 1.165) is 36.9 Å². The molecule has 16 heavy (non-hydrogen) atoms. The lowest BCUT2D eigenvalue weighted by molar-refractivity contribution is -0.277. The summed E-state index contributed by atoms with van der Waals surface area (Å²) in [6, 6.07) is 0. The standard InChI is InChI=1S/C13H16O3/c14-12-8-4-3-5-7-6(4)9(12)11(7)13(10(5)8)15-1-2-16-13/h4-12,14H,1-3H2/t4-,5-,6+,7+,8+,9+,10-,11+,12-/m0/s1. The third-order valence-electron chi connectivity index (χ3n) is 7.08. The van der Waals surface area contributed by atoms with Crippen LogP contribution in [0.25, 0.3) is 0 Å². The SMILES string of the molecule is O[C@@H]1[C@@H]2[C@@H]3[C@@H]4C[C@H]5[C@H]3[C@H]2C2(OCCO2)[C@@H]5[C@H]14. The molecule has 1 N–H and O–H groups in total. The van der Waals surface area contributed by atoms with Gasteiger partial charge in [0.2, 0.25) is 0 Å². The molecule has 0 unspecified atom stereocenters. The van der Waals surface area contributed by atoms with Crippen LogP contribution in [0, 0.1) is 47.3 Å². The molecule has 0 radical (unpaired) electrons. The van der Waals surface area contributed by atoms with Gasteiger partial charge in [0.15, 0.2) is 5.79 Å². The third-order valence-corrected chi connectivity index (χ3v) is 7.08. The minimum absolute atomic E-state index is 0.0211. The zero-order chi connectivity index (χ0) is 10.2. The summed E-state index contributed by atoms with van der Waals surface area (Å²) in [6.07, 6.45) is 1.34. The van der Waals surface area contributed by atoms with E-state index in [4.69, 9.17) is 9.47 Å². The summed E-state index contributed by atoms with van der Waals surface area (Å²) in [7, 11) is 0. The van der Waals surface area contributed by atoms with Gasteiger partial charge in [0.1, 0.15) is 0 Å². The van der Waals surface area contributed by atoms with Crippen molar-refractivity contribution in [2.75, 3.05) is 13.2 Å². The first-order valence-corrected chi connectivity index (χ1v) is 6.80. The van der Waals surface area contributed by atoms with Gasteiger partial charge >= 0.3 is 0 Å². The van der Waals surface area contributed by atoms with Gasteiger partial charge in [-0.1, -0.05) is 0 Å². The highest BCUT2D eigenvalue weighted by atomic mass is 16.7. The summed E-state index contributed by atoms with van der Waals surface area (Å²) in [4.78, 5) is 0. The summed E-state index contributed by atoms with van der Waals surface area (Å²) >= 11 is 0. The molecule has 5 saturated carbocycles. The molecule has 1 spiro atoms. The zero-order valence-corrected chi connectivity index (χ0v) is 9.08. The quantitative estimate of drug-likeness (QED) is 0.645. The molecule has 1 heterocycles. The maximum absolute atomic E-state index is 10.4. The Kier molecular flexibility index (Phi) is 1.01. The molecular weight excluding hydrogens is 204 g/mol. The maximum atomic E-state index is 10.4. The second-order valence-electron chi connectivity index (χ2n) is 6.83. The van der Waals surface area contributed by atoms with Gasteiger partial charge in [-0.25, -0.2) is 0 Å². The number of ether oxygens (including phenoxy) is 2. The van der Waals surface area contributed by atoms with Gasteiger partial charge in [-0.05, 0) is 41.9 Å². The Hall–Kier alpha value is -0.120. The van der Waals surface area contributed by atoms with Crippen molar-refractivity contribution in [3.05, 3.63) is 0 Å². The Balaban J connectivity index is 1.64. The number of aliphatic hydroxyl groups is 1. The summed E-state index contributed by atoms with van der Waals surface area (Å²) in [5, 5.41) is 10.4. The van der Waals surface area contributed by atoms with Crippen LogP contribution in [0.5, 0.6) is 0 Å². The van der Waals surface area contributed by atoms with E-state index in [9.17, 15) is 5.11 Å². The van der Waals surface area contributed by atoms with E-state index in [1.54, 1.807) is 0 Å². The highest BCUT2D eigenvalue weighted by Crippen LogP contribution is 2.86. The fourth-order valence-corrected chi connectivity index (χ4v) is 7.27. The Morgan fingerprint density at radius 3 is 2.50 bits per heavy atom. The van der Waals surface area contributed by atoms with Gasteiger partial charge in [-0.15, -0.1) is 0 Å². The Bertz CT molecular complexity index is 402. The van der Waals surface area contributed by atoms with Crippen molar-refractivity contribution in [2.24, 2.45) is 47.3 Å². The Labute approximate surface area is 94.1 Å². The van der Waals surface area contributed by atoms with E-state index in [0.29, 0.717) is 23.7 Å². The second-order valence-corrected chi connectivity index (χ2v) is 6.83. The minimum atomic E-state index is -0.231. The molecule has 2 bridgehead atoms. The van der Waals surface area contributed by atoms with Crippen LogP contribution in [0.3, 0.4) is 0 Å². The molecule has 6 aliphatic rings. The van der Waals surface area contributed by atoms with E-state index in [1.165, 1.54) is 6.42 Å². The summed E-state index contributed by atoms with van der Waals surface area (Å²) in [5.74, 6) is 5.26. The van der Waals surface area contributed by atoms with Crippen molar-refractivity contribution in [3.8, 4) is 0 Å². The van der Waals surface area contributed by atoms with Crippen LogP contribution in [0.1, 0.15) is 6.42 Å². The molecule has 6 fully saturated rings. The van der Waals surface area contributed by atoms with Crippen molar-refractivity contribution in [1.82, 2.24) is 0 Å². The lowest BCUT2D eigenvalue weighted by Gasteiger charge is -2.52. The van der Waals surface area contributed by atoms with Crippen LogP contribution < -0.4 is 0 Å². The molecule has 0 aromatic rings. The molecular formula is C13H16O3. The van der Waals surface area contributed by atoms with Crippen LogP contribution in [-0.4, -0.2) is 30.2 Å². The maximum Gasteiger partial charge on any atom is 0.175 e. The normalized spacial score (nSPS) is 74.4. The number of hydrogen-bond acceptors (Lipinski definition) is 3. The number of fused-ring (bicyclic) bond motifs is 4. The van der Waals surface area contributed by atoms with E-state index in [2.05, 4.69) is 0 Å². The monoisotopic (exact) mass is 220 g/mol. The summed E-state index contributed by atoms with van der Waals surface area (Å²) in [6.45, 7) is 1.55. The molecule has 6 rings (SSSR count). The van der Waals surface area contributed by atoms with Crippen molar-refractivity contribution in [3.63, 3.8) is 0 Å². The van der Waals surface area contributed by atoms with E-state index in [-0.39, 0.29) is 11.9 Å². The predicted molar refractivity (Wildman–Crippen MR) is 53.2 cm³/mol. The topological polar surface area (TPSA) is 38.7 Å².